The van der Waals surface area contributed by atoms with E-state index in [0.29, 0.717) is 10.8 Å². The number of hydrazone groups is 1. The number of rotatable bonds is 7. The van der Waals surface area contributed by atoms with Crippen LogP contribution in [0.5, 0.6) is 0 Å². The second-order valence-corrected chi connectivity index (χ2v) is 8.79. The highest BCUT2D eigenvalue weighted by molar-refractivity contribution is 9.10. The van der Waals surface area contributed by atoms with Gasteiger partial charge in [0.15, 0.2) is 0 Å². The highest BCUT2D eigenvalue weighted by Crippen LogP contribution is 2.22. The van der Waals surface area contributed by atoms with Crippen molar-refractivity contribution in [1.29, 1.82) is 0 Å². The van der Waals surface area contributed by atoms with Crippen molar-refractivity contribution >= 4 is 51.4 Å². The minimum absolute atomic E-state index is 0.121. The zero-order chi connectivity index (χ0) is 20.8. The van der Waals surface area contributed by atoms with Gasteiger partial charge >= 0.3 is 0 Å². The highest BCUT2D eigenvalue weighted by atomic mass is 79.9. The average Bonchev–Trinajstić information content (AvgIpc) is 2.98. The molecule has 0 saturated heterocycles. The number of hydrogen-bond donors (Lipinski definition) is 1. The third-order valence-corrected chi connectivity index (χ3v) is 6.40. The van der Waals surface area contributed by atoms with Crippen molar-refractivity contribution in [2.75, 3.05) is 5.75 Å². The summed E-state index contributed by atoms with van der Waals surface area (Å²) in [6.07, 6.45) is 1.69. The van der Waals surface area contributed by atoms with Crippen molar-refractivity contribution in [3.8, 4) is 5.69 Å². The summed E-state index contributed by atoms with van der Waals surface area (Å²) in [7, 11) is 0. The Morgan fingerprint density at radius 1 is 1.21 bits per heavy atom. The summed E-state index contributed by atoms with van der Waals surface area (Å²) < 4.78 is 3.19. The molecule has 0 aliphatic heterocycles. The van der Waals surface area contributed by atoms with E-state index in [1.165, 1.54) is 5.56 Å². The number of thioether (sulfide) groups is 1. The van der Waals surface area contributed by atoms with Gasteiger partial charge in [-0.3, -0.25) is 4.79 Å². The fourth-order valence-electron chi connectivity index (χ4n) is 2.98. The van der Waals surface area contributed by atoms with Crippen LogP contribution in [-0.2, 0) is 10.5 Å². The van der Waals surface area contributed by atoms with Crippen LogP contribution < -0.4 is 5.43 Å². The molecule has 3 rings (SSSR count). The van der Waals surface area contributed by atoms with E-state index in [9.17, 15) is 4.79 Å². The molecule has 1 N–H and O–H groups in total. The lowest BCUT2D eigenvalue weighted by Gasteiger charge is -2.09. The number of nitrogens with zero attached hydrogens (tertiary/aromatic N) is 2. The summed E-state index contributed by atoms with van der Waals surface area (Å²) in [6.45, 7) is 4.06. The number of halogens is 2. The van der Waals surface area contributed by atoms with Gasteiger partial charge in [-0.05, 0) is 55.8 Å². The van der Waals surface area contributed by atoms with Crippen LogP contribution in [0, 0.1) is 13.8 Å². The first-order valence-electron chi connectivity index (χ1n) is 9.03. The Morgan fingerprint density at radius 2 is 1.93 bits per heavy atom. The van der Waals surface area contributed by atoms with Crippen molar-refractivity contribution in [3.05, 3.63) is 86.6 Å². The van der Waals surface area contributed by atoms with Crippen LogP contribution in [-0.4, -0.2) is 22.4 Å². The van der Waals surface area contributed by atoms with Crippen LogP contribution in [0.3, 0.4) is 0 Å². The SMILES string of the molecule is Cc1cc(/C=N/NC(=O)CSCc2ccccc2Br)c(C)n1-c1ccc(Cl)cc1. The number of aryl methyl sites for hydroxylation is 1. The van der Waals surface area contributed by atoms with Crippen LogP contribution in [0.25, 0.3) is 5.69 Å². The molecule has 2 aromatic carbocycles. The van der Waals surface area contributed by atoms with E-state index in [-0.39, 0.29) is 5.91 Å². The second-order valence-electron chi connectivity index (χ2n) is 6.52. The predicted octanol–water partition coefficient (Wildman–Crippen LogP) is 5.89. The molecule has 150 valence electrons. The Balaban J connectivity index is 1.56. The zero-order valence-electron chi connectivity index (χ0n) is 16.2. The molecule has 0 spiro atoms. The Bertz CT molecular complexity index is 1030. The lowest BCUT2D eigenvalue weighted by atomic mass is 10.2. The number of carbonyl (C=O) groups is 1. The maximum absolute atomic E-state index is 12.0. The molecule has 0 unspecified atom stereocenters. The largest absolute Gasteiger partial charge is 0.318 e. The highest BCUT2D eigenvalue weighted by Gasteiger charge is 2.09. The van der Waals surface area contributed by atoms with Gasteiger partial charge in [-0.25, -0.2) is 5.43 Å². The maximum Gasteiger partial charge on any atom is 0.250 e. The molecule has 1 aromatic heterocycles. The van der Waals surface area contributed by atoms with Gasteiger partial charge in [0.05, 0.1) is 12.0 Å². The van der Waals surface area contributed by atoms with E-state index in [1.54, 1.807) is 18.0 Å². The molecular formula is C22H21BrClN3OS. The fourth-order valence-corrected chi connectivity index (χ4v) is 4.54. The molecule has 0 fully saturated rings. The number of amides is 1. The van der Waals surface area contributed by atoms with Crippen LogP contribution in [0.4, 0.5) is 0 Å². The smallest absolute Gasteiger partial charge is 0.250 e. The molecule has 0 radical (unpaired) electrons. The van der Waals surface area contributed by atoms with Gasteiger partial charge in [-0.2, -0.15) is 5.10 Å². The van der Waals surface area contributed by atoms with Crippen molar-refractivity contribution in [2.24, 2.45) is 5.10 Å². The number of hydrogen-bond acceptors (Lipinski definition) is 3. The minimum Gasteiger partial charge on any atom is -0.318 e. The molecule has 1 heterocycles. The number of nitrogens with one attached hydrogen (secondary N) is 1. The van der Waals surface area contributed by atoms with Gasteiger partial charge in [0.1, 0.15) is 0 Å². The number of benzene rings is 2. The molecule has 29 heavy (non-hydrogen) atoms. The second kappa shape index (κ2) is 10.1. The summed E-state index contributed by atoms with van der Waals surface area (Å²) in [5.41, 5.74) is 7.90. The standard InChI is InChI=1S/C22H21BrClN3OS/c1-15-11-18(16(2)27(15)20-9-7-19(24)8-10-20)12-25-26-22(28)14-29-13-17-5-3-4-6-21(17)23/h3-12H,13-14H2,1-2H3,(H,26,28)/b25-12+. The van der Waals surface area contributed by atoms with Crippen molar-refractivity contribution in [3.63, 3.8) is 0 Å². The molecule has 1 amide bonds. The summed E-state index contributed by atoms with van der Waals surface area (Å²) in [5.74, 6) is 0.994. The first kappa shape index (κ1) is 21.7. The van der Waals surface area contributed by atoms with Gasteiger partial charge < -0.3 is 4.57 Å². The summed E-state index contributed by atoms with van der Waals surface area (Å²) in [6, 6.07) is 17.8. The van der Waals surface area contributed by atoms with Crippen LogP contribution in [0.15, 0.2) is 64.2 Å². The zero-order valence-corrected chi connectivity index (χ0v) is 19.3. The summed E-state index contributed by atoms with van der Waals surface area (Å²) in [4.78, 5) is 12.0. The van der Waals surface area contributed by atoms with E-state index >= 15 is 0 Å². The van der Waals surface area contributed by atoms with Crippen molar-refractivity contribution in [1.82, 2.24) is 9.99 Å². The third kappa shape index (κ3) is 5.75. The quantitative estimate of drug-likeness (QED) is 0.331. The molecule has 3 aromatic rings. The Kier molecular flexibility index (Phi) is 7.58. The lowest BCUT2D eigenvalue weighted by molar-refractivity contribution is -0.118. The molecule has 0 aliphatic rings. The molecular weight excluding hydrogens is 470 g/mol. The van der Waals surface area contributed by atoms with E-state index in [2.05, 4.69) is 31.0 Å². The van der Waals surface area contributed by atoms with E-state index in [1.807, 2.05) is 68.4 Å². The first-order chi connectivity index (χ1) is 14.0. The van der Waals surface area contributed by atoms with Gasteiger partial charge in [0.25, 0.3) is 0 Å². The first-order valence-corrected chi connectivity index (χ1v) is 11.4. The minimum atomic E-state index is -0.121. The van der Waals surface area contributed by atoms with Crippen molar-refractivity contribution in [2.45, 2.75) is 19.6 Å². The van der Waals surface area contributed by atoms with Crippen molar-refractivity contribution < 1.29 is 4.79 Å². The van der Waals surface area contributed by atoms with Gasteiger partial charge in [0, 0.05) is 37.9 Å². The maximum atomic E-state index is 12.0. The van der Waals surface area contributed by atoms with Crippen LogP contribution >= 0.6 is 39.3 Å². The lowest BCUT2D eigenvalue weighted by Crippen LogP contribution is -2.19. The van der Waals surface area contributed by atoms with E-state index in [0.717, 1.165) is 32.9 Å². The van der Waals surface area contributed by atoms with Crippen LogP contribution in [0.1, 0.15) is 22.5 Å². The monoisotopic (exact) mass is 489 g/mol. The molecule has 0 bridgehead atoms. The predicted molar refractivity (Wildman–Crippen MR) is 126 cm³/mol. The number of carbonyl (C=O) groups excluding carboxylic acids is 1. The fraction of sp³-hybridized carbons (Fsp3) is 0.182. The van der Waals surface area contributed by atoms with Gasteiger partial charge in [0.2, 0.25) is 5.91 Å². The van der Waals surface area contributed by atoms with Gasteiger partial charge in [-0.1, -0.05) is 45.7 Å². The molecule has 0 atom stereocenters. The Labute approximate surface area is 188 Å². The number of aromatic nitrogens is 1. The Hall–Kier alpha value is -2.02. The third-order valence-electron chi connectivity index (χ3n) is 4.40. The molecule has 0 aliphatic carbocycles. The summed E-state index contributed by atoms with van der Waals surface area (Å²) >= 11 is 11.1. The molecule has 7 heteroatoms. The van der Waals surface area contributed by atoms with Crippen LogP contribution in [0.2, 0.25) is 5.02 Å². The summed E-state index contributed by atoms with van der Waals surface area (Å²) in [5, 5.41) is 4.83. The van der Waals surface area contributed by atoms with E-state index in [4.69, 9.17) is 11.6 Å². The topological polar surface area (TPSA) is 46.4 Å². The Morgan fingerprint density at radius 3 is 2.66 bits per heavy atom. The normalized spacial score (nSPS) is 11.2. The molecule has 0 saturated carbocycles. The van der Waals surface area contributed by atoms with E-state index < -0.39 is 0 Å². The molecule has 4 nitrogen and oxygen atoms in total. The average molecular weight is 491 g/mol. The van der Waals surface area contributed by atoms with Gasteiger partial charge in [-0.15, -0.1) is 11.8 Å².